The number of nitrogens with one attached hydrogen (secondary N) is 1. The second-order valence-corrected chi connectivity index (χ2v) is 6.78. The first-order valence-corrected chi connectivity index (χ1v) is 8.86. The van der Waals surface area contributed by atoms with Crippen LogP contribution >= 0.6 is 0 Å². The van der Waals surface area contributed by atoms with Gasteiger partial charge in [0.2, 0.25) is 11.8 Å². The summed E-state index contributed by atoms with van der Waals surface area (Å²) in [5.74, 6) is 0.313. The van der Waals surface area contributed by atoms with E-state index in [4.69, 9.17) is 4.42 Å². The van der Waals surface area contributed by atoms with Crippen molar-refractivity contribution in [3.63, 3.8) is 0 Å². The number of benzene rings is 1. The summed E-state index contributed by atoms with van der Waals surface area (Å²) >= 11 is 0. The van der Waals surface area contributed by atoms with E-state index >= 15 is 0 Å². The maximum atomic E-state index is 12.4. The maximum absolute atomic E-state index is 12.4. The minimum atomic E-state index is -0.187. The van der Waals surface area contributed by atoms with Crippen LogP contribution in [0.3, 0.4) is 0 Å². The first-order chi connectivity index (χ1) is 13.0. The van der Waals surface area contributed by atoms with Crippen molar-refractivity contribution in [1.29, 1.82) is 0 Å². The number of likely N-dealkylation sites (N-methyl/N-ethyl adjacent to an activating group) is 1. The predicted octanol–water partition coefficient (Wildman–Crippen LogP) is 1.96. The Bertz CT molecular complexity index is 796. The van der Waals surface area contributed by atoms with E-state index in [0.717, 1.165) is 11.3 Å². The molecule has 1 N–H and O–H groups in total. The lowest BCUT2D eigenvalue weighted by atomic mass is 10.1. The molecule has 27 heavy (non-hydrogen) atoms. The normalized spacial score (nSPS) is 15.4. The van der Waals surface area contributed by atoms with E-state index in [1.165, 1.54) is 4.90 Å². The number of amides is 3. The van der Waals surface area contributed by atoms with Crippen molar-refractivity contribution in [3.05, 3.63) is 59.5 Å². The van der Waals surface area contributed by atoms with Gasteiger partial charge in [0, 0.05) is 24.9 Å². The molecule has 2 heterocycles. The Hall–Kier alpha value is -2.93. The van der Waals surface area contributed by atoms with Crippen molar-refractivity contribution in [2.75, 3.05) is 20.6 Å². The van der Waals surface area contributed by atoms with Gasteiger partial charge in [-0.2, -0.15) is 0 Å². The molecule has 7 heteroatoms. The maximum Gasteiger partial charge on any atom is 0.251 e. The van der Waals surface area contributed by atoms with Gasteiger partial charge < -0.3 is 9.73 Å². The molecule has 0 aliphatic carbocycles. The van der Waals surface area contributed by atoms with Gasteiger partial charge in [0.1, 0.15) is 5.76 Å². The number of imide groups is 1. The molecule has 1 fully saturated rings. The molecule has 0 spiro atoms. The Morgan fingerprint density at radius 1 is 1.15 bits per heavy atom. The number of carbonyl (C=O) groups excluding carboxylic acids is 3. The van der Waals surface area contributed by atoms with Crippen LogP contribution in [0.25, 0.3) is 0 Å². The zero-order valence-electron chi connectivity index (χ0n) is 15.5. The highest BCUT2D eigenvalue weighted by Gasteiger charge is 2.28. The molecule has 7 nitrogen and oxygen atoms in total. The molecule has 142 valence electrons. The molecule has 3 amide bonds. The minimum Gasteiger partial charge on any atom is -0.468 e. The fraction of sp³-hybridized carbons (Fsp3) is 0.350. The number of nitrogens with zero attached hydrogens (tertiary/aromatic N) is 2. The average Bonchev–Trinajstić information content (AvgIpc) is 3.28. The smallest absolute Gasteiger partial charge is 0.251 e. The molecular weight excluding hydrogens is 346 g/mol. The number of rotatable bonds is 7. The van der Waals surface area contributed by atoms with Gasteiger partial charge in [-0.15, -0.1) is 0 Å². The van der Waals surface area contributed by atoms with Crippen LogP contribution in [0.5, 0.6) is 0 Å². The topological polar surface area (TPSA) is 82.9 Å². The van der Waals surface area contributed by atoms with E-state index in [-0.39, 0.29) is 43.1 Å². The molecular formula is C20H23N3O4. The lowest BCUT2D eigenvalue weighted by Crippen LogP contribution is -2.34. The molecule has 0 bridgehead atoms. The zero-order chi connectivity index (χ0) is 19.4. The molecule has 1 aromatic carbocycles. The van der Waals surface area contributed by atoms with Crippen LogP contribution in [0.1, 0.15) is 40.6 Å². The van der Waals surface area contributed by atoms with Crippen LogP contribution in [0.2, 0.25) is 0 Å². The van der Waals surface area contributed by atoms with Crippen molar-refractivity contribution in [3.8, 4) is 0 Å². The standard InChI is InChI=1S/C20H23N3O4/c1-22(2)16(17-4-3-11-27-17)12-21-20(26)15-7-5-14(6-8-15)13-23-18(24)9-10-19(23)25/h3-8,11,16H,9-10,12-13H2,1-2H3,(H,21,26). The number of carbonyl (C=O) groups is 3. The van der Waals surface area contributed by atoms with Crippen molar-refractivity contribution in [2.45, 2.75) is 25.4 Å². The van der Waals surface area contributed by atoms with E-state index in [1.807, 2.05) is 31.1 Å². The Labute approximate surface area is 157 Å². The number of hydrogen-bond donors (Lipinski definition) is 1. The molecule has 1 saturated heterocycles. The lowest BCUT2D eigenvalue weighted by molar-refractivity contribution is -0.139. The third-order valence-corrected chi connectivity index (χ3v) is 4.66. The quantitative estimate of drug-likeness (QED) is 0.755. The van der Waals surface area contributed by atoms with E-state index in [9.17, 15) is 14.4 Å². The summed E-state index contributed by atoms with van der Waals surface area (Å²) in [6.45, 7) is 0.665. The van der Waals surface area contributed by atoms with Crippen molar-refractivity contribution in [1.82, 2.24) is 15.1 Å². The predicted molar refractivity (Wildman–Crippen MR) is 98.7 cm³/mol. The van der Waals surface area contributed by atoms with E-state index in [0.29, 0.717) is 12.1 Å². The summed E-state index contributed by atoms with van der Waals surface area (Å²) in [7, 11) is 3.85. The second-order valence-electron chi connectivity index (χ2n) is 6.78. The summed E-state index contributed by atoms with van der Waals surface area (Å²) in [6.07, 6.45) is 2.17. The highest BCUT2D eigenvalue weighted by molar-refractivity contribution is 6.01. The van der Waals surface area contributed by atoms with Crippen LogP contribution in [-0.4, -0.2) is 48.2 Å². The SMILES string of the molecule is CN(C)C(CNC(=O)c1ccc(CN2C(=O)CCC2=O)cc1)c1ccco1. The molecule has 1 aliphatic heterocycles. The van der Waals surface area contributed by atoms with Gasteiger partial charge in [0.05, 0.1) is 18.8 Å². The van der Waals surface area contributed by atoms with Gasteiger partial charge in [-0.05, 0) is 43.9 Å². The van der Waals surface area contributed by atoms with Crippen LogP contribution in [0, 0.1) is 0 Å². The second kappa shape index (κ2) is 8.18. The van der Waals surface area contributed by atoms with Gasteiger partial charge in [0.25, 0.3) is 5.91 Å². The van der Waals surface area contributed by atoms with Gasteiger partial charge >= 0.3 is 0 Å². The highest BCUT2D eigenvalue weighted by Crippen LogP contribution is 2.18. The summed E-state index contributed by atoms with van der Waals surface area (Å²) in [4.78, 5) is 39.1. The van der Waals surface area contributed by atoms with Crippen LogP contribution in [-0.2, 0) is 16.1 Å². The molecule has 0 radical (unpaired) electrons. The van der Waals surface area contributed by atoms with E-state index in [2.05, 4.69) is 5.32 Å². The molecule has 1 aliphatic rings. The Balaban J connectivity index is 1.59. The number of hydrogen-bond acceptors (Lipinski definition) is 5. The third kappa shape index (κ3) is 4.43. The van der Waals surface area contributed by atoms with E-state index < -0.39 is 0 Å². The summed E-state index contributed by atoms with van der Waals surface area (Å²) in [5, 5.41) is 2.92. The van der Waals surface area contributed by atoms with Crippen molar-refractivity contribution >= 4 is 17.7 Å². The molecule has 0 saturated carbocycles. The fourth-order valence-corrected chi connectivity index (χ4v) is 3.05. The molecule has 1 aromatic heterocycles. The minimum absolute atomic E-state index is 0.0598. The third-order valence-electron chi connectivity index (χ3n) is 4.66. The first kappa shape index (κ1) is 18.8. The van der Waals surface area contributed by atoms with E-state index in [1.54, 1.807) is 30.5 Å². The van der Waals surface area contributed by atoms with Crippen molar-refractivity contribution in [2.24, 2.45) is 0 Å². The Morgan fingerprint density at radius 3 is 2.37 bits per heavy atom. The van der Waals surface area contributed by atoms with Gasteiger partial charge in [-0.1, -0.05) is 12.1 Å². The van der Waals surface area contributed by atoms with Gasteiger partial charge in [0.15, 0.2) is 0 Å². The van der Waals surface area contributed by atoms with Gasteiger partial charge in [-0.3, -0.25) is 24.2 Å². The lowest BCUT2D eigenvalue weighted by Gasteiger charge is -2.22. The summed E-state index contributed by atoms with van der Waals surface area (Å²) in [6, 6.07) is 10.6. The Kier molecular flexibility index (Phi) is 5.71. The van der Waals surface area contributed by atoms with Crippen LogP contribution in [0.4, 0.5) is 0 Å². The van der Waals surface area contributed by atoms with Crippen molar-refractivity contribution < 1.29 is 18.8 Å². The molecule has 1 atom stereocenters. The highest BCUT2D eigenvalue weighted by atomic mass is 16.3. The fourth-order valence-electron chi connectivity index (χ4n) is 3.05. The number of furan rings is 1. The van der Waals surface area contributed by atoms with Crippen LogP contribution < -0.4 is 5.32 Å². The average molecular weight is 369 g/mol. The molecule has 1 unspecified atom stereocenters. The van der Waals surface area contributed by atoms with Crippen LogP contribution in [0.15, 0.2) is 47.1 Å². The van der Waals surface area contributed by atoms with Gasteiger partial charge in [-0.25, -0.2) is 0 Å². The monoisotopic (exact) mass is 369 g/mol. The summed E-state index contributed by atoms with van der Waals surface area (Å²) in [5.41, 5.74) is 1.34. The molecule has 3 rings (SSSR count). The largest absolute Gasteiger partial charge is 0.468 e. The summed E-state index contributed by atoms with van der Waals surface area (Å²) < 4.78 is 5.44. The first-order valence-electron chi connectivity index (χ1n) is 8.86. The number of likely N-dealkylation sites (tertiary alicyclic amines) is 1. The zero-order valence-corrected chi connectivity index (χ0v) is 15.5. The molecule has 2 aromatic rings. The Morgan fingerprint density at radius 2 is 1.81 bits per heavy atom.